The van der Waals surface area contributed by atoms with Gasteiger partial charge in [0, 0.05) is 18.8 Å². The summed E-state index contributed by atoms with van der Waals surface area (Å²) in [6, 6.07) is 13.7. The molecule has 2 aromatic carbocycles. The van der Waals surface area contributed by atoms with Crippen molar-refractivity contribution in [3.05, 3.63) is 48.5 Å². The van der Waals surface area contributed by atoms with E-state index in [2.05, 4.69) is 20.9 Å². The Hall–Kier alpha value is -4.03. The number of hydrogen-bond acceptors (Lipinski definition) is 8. The summed E-state index contributed by atoms with van der Waals surface area (Å²) in [6.07, 6.45) is 2.39. The van der Waals surface area contributed by atoms with Gasteiger partial charge >= 0.3 is 0 Å². The fourth-order valence-electron chi connectivity index (χ4n) is 7.56. The SMILES string of the molecule is CCOc1ccc(NC(=O)[C@H]2[C@H]3C(=O)N(CCCCCO)C(C(=O)NCn4nnc5ccccc54)C34CC(C)[C@]2(C)O4)cc1. The number of amides is 3. The Balaban J connectivity index is 1.29. The number of nitrogens with one attached hydrogen (secondary N) is 2. The number of aromatic nitrogens is 3. The van der Waals surface area contributed by atoms with Crippen LogP contribution in [0.15, 0.2) is 48.5 Å². The van der Waals surface area contributed by atoms with E-state index in [4.69, 9.17) is 9.47 Å². The molecule has 3 fully saturated rings. The molecule has 3 saturated heterocycles. The van der Waals surface area contributed by atoms with Crippen LogP contribution in [-0.4, -0.2) is 79.7 Å². The average Bonchev–Trinajstić information content (AvgIpc) is 3.68. The number of fused-ring (bicyclic) bond motifs is 2. The second-order valence-electron chi connectivity index (χ2n) is 12.2. The van der Waals surface area contributed by atoms with Gasteiger partial charge in [-0.05, 0) is 81.8 Å². The molecule has 0 radical (unpaired) electrons. The second-order valence-corrected chi connectivity index (χ2v) is 12.2. The number of aliphatic hydroxyl groups is 1. The zero-order valence-electron chi connectivity index (χ0n) is 25.4. The molecule has 3 aliphatic heterocycles. The van der Waals surface area contributed by atoms with E-state index in [1.54, 1.807) is 33.8 Å². The highest BCUT2D eigenvalue weighted by Crippen LogP contribution is 2.65. The molecule has 12 nitrogen and oxygen atoms in total. The molecule has 3 aliphatic rings. The first kappa shape index (κ1) is 30.0. The van der Waals surface area contributed by atoms with Gasteiger partial charge in [0.05, 0.1) is 29.6 Å². The van der Waals surface area contributed by atoms with Crippen molar-refractivity contribution in [1.82, 2.24) is 25.2 Å². The molecule has 3 unspecified atom stereocenters. The van der Waals surface area contributed by atoms with Gasteiger partial charge < -0.3 is 30.1 Å². The third-order valence-electron chi connectivity index (χ3n) is 9.66. The van der Waals surface area contributed by atoms with Crippen molar-refractivity contribution in [3.63, 3.8) is 0 Å². The molecule has 6 rings (SSSR count). The predicted molar refractivity (Wildman–Crippen MR) is 161 cm³/mol. The minimum atomic E-state index is -1.16. The predicted octanol–water partition coefficient (Wildman–Crippen LogP) is 2.72. The van der Waals surface area contributed by atoms with Crippen molar-refractivity contribution >= 4 is 34.4 Å². The van der Waals surface area contributed by atoms with E-state index in [0.717, 1.165) is 5.52 Å². The summed E-state index contributed by atoms with van der Waals surface area (Å²) in [7, 11) is 0. The lowest BCUT2D eigenvalue weighted by Gasteiger charge is -2.36. The summed E-state index contributed by atoms with van der Waals surface area (Å²) < 4.78 is 13.9. The molecule has 0 saturated carbocycles. The van der Waals surface area contributed by atoms with Crippen LogP contribution < -0.4 is 15.4 Å². The highest BCUT2D eigenvalue weighted by molar-refractivity contribution is 6.02. The van der Waals surface area contributed by atoms with Crippen LogP contribution in [0.4, 0.5) is 5.69 Å². The van der Waals surface area contributed by atoms with Crippen LogP contribution in [0.5, 0.6) is 5.75 Å². The fraction of sp³-hybridized carbons (Fsp3) is 0.531. The number of para-hydroxylation sites is 1. The van der Waals surface area contributed by atoms with Crippen LogP contribution in [0.3, 0.4) is 0 Å². The lowest BCUT2D eigenvalue weighted by atomic mass is 9.62. The maximum absolute atomic E-state index is 14.3. The van der Waals surface area contributed by atoms with Gasteiger partial charge in [-0.25, -0.2) is 4.68 Å². The van der Waals surface area contributed by atoms with Crippen molar-refractivity contribution in [2.75, 3.05) is 25.1 Å². The Morgan fingerprint density at radius 2 is 1.89 bits per heavy atom. The standard InChI is InChI=1S/C32H40N6O6/c1-4-43-22-14-12-21(13-15-22)34-28(40)25-26-30(42)37(16-8-5-9-17-39)27(32(26)18-20(2)31(25,3)44-32)29(41)33-19-38-24-11-7-6-10-23(24)35-36-38/h6-7,10-15,20,25-27,39H,4-5,8-9,16-19H2,1-3H3,(H,33,41)(H,34,40)/t20?,25-,26+,27?,31+,32?/m1/s1. The van der Waals surface area contributed by atoms with E-state index in [1.165, 1.54) is 0 Å². The van der Waals surface area contributed by atoms with Crippen molar-refractivity contribution < 1.29 is 29.0 Å². The monoisotopic (exact) mass is 604 g/mol. The molecule has 44 heavy (non-hydrogen) atoms. The molecule has 234 valence electrons. The number of carbonyl (C=O) groups is 3. The number of anilines is 1. The number of hydrogen-bond donors (Lipinski definition) is 3. The van der Waals surface area contributed by atoms with Gasteiger partial charge in [-0.2, -0.15) is 0 Å². The zero-order chi connectivity index (χ0) is 31.1. The lowest BCUT2D eigenvalue weighted by Crippen LogP contribution is -2.56. The molecule has 1 spiro atoms. The van der Waals surface area contributed by atoms with Gasteiger partial charge in [0.2, 0.25) is 17.7 Å². The van der Waals surface area contributed by atoms with E-state index in [1.807, 2.05) is 45.0 Å². The summed E-state index contributed by atoms with van der Waals surface area (Å²) in [5.41, 5.74) is -0.0101. The highest BCUT2D eigenvalue weighted by Gasteiger charge is 2.79. The van der Waals surface area contributed by atoms with Crippen molar-refractivity contribution in [3.8, 4) is 5.75 Å². The lowest BCUT2D eigenvalue weighted by molar-refractivity contribution is -0.146. The number of aliphatic hydroxyl groups excluding tert-OH is 1. The molecular weight excluding hydrogens is 564 g/mol. The largest absolute Gasteiger partial charge is 0.494 e. The van der Waals surface area contributed by atoms with Gasteiger partial charge in [0.15, 0.2) is 0 Å². The Kier molecular flexibility index (Phi) is 8.06. The Bertz CT molecular complexity index is 1540. The summed E-state index contributed by atoms with van der Waals surface area (Å²) in [5.74, 6) is -1.89. The van der Waals surface area contributed by atoms with Crippen LogP contribution >= 0.6 is 0 Å². The first-order chi connectivity index (χ1) is 21.2. The average molecular weight is 605 g/mol. The summed E-state index contributed by atoms with van der Waals surface area (Å²) in [5, 5.41) is 23.6. The summed E-state index contributed by atoms with van der Waals surface area (Å²) in [6.45, 7) is 6.80. The van der Waals surface area contributed by atoms with Crippen LogP contribution in [0, 0.1) is 17.8 Å². The molecule has 2 bridgehead atoms. The normalized spacial score (nSPS) is 28.8. The van der Waals surface area contributed by atoms with Crippen LogP contribution in [0.2, 0.25) is 0 Å². The van der Waals surface area contributed by atoms with Gasteiger partial charge in [0.1, 0.15) is 29.6 Å². The number of carbonyl (C=O) groups excluding carboxylic acids is 3. The second kappa shape index (κ2) is 11.8. The van der Waals surface area contributed by atoms with Crippen molar-refractivity contribution in [1.29, 1.82) is 0 Å². The molecule has 3 aromatic rings. The maximum atomic E-state index is 14.3. The molecule has 1 aromatic heterocycles. The van der Waals surface area contributed by atoms with Crippen LogP contribution in [0.25, 0.3) is 11.0 Å². The number of ether oxygens (including phenoxy) is 2. The number of rotatable bonds is 12. The van der Waals surface area contributed by atoms with E-state index < -0.39 is 29.1 Å². The maximum Gasteiger partial charge on any atom is 0.247 e. The molecule has 3 amide bonds. The quantitative estimate of drug-likeness (QED) is 0.268. The van der Waals surface area contributed by atoms with Crippen molar-refractivity contribution in [2.45, 2.75) is 70.4 Å². The summed E-state index contributed by atoms with van der Waals surface area (Å²) in [4.78, 5) is 44.0. The Labute approximate surface area is 256 Å². The minimum Gasteiger partial charge on any atom is -0.494 e. The van der Waals surface area contributed by atoms with E-state index in [0.29, 0.717) is 55.8 Å². The Morgan fingerprint density at radius 3 is 2.64 bits per heavy atom. The molecule has 6 atom stereocenters. The van der Waals surface area contributed by atoms with E-state index in [9.17, 15) is 19.5 Å². The third-order valence-corrected chi connectivity index (χ3v) is 9.66. The number of benzene rings is 2. The van der Waals surface area contributed by atoms with Gasteiger partial charge in [0.25, 0.3) is 0 Å². The van der Waals surface area contributed by atoms with Gasteiger partial charge in [-0.15, -0.1) is 5.10 Å². The van der Waals surface area contributed by atoms with Gasteiger partial charge in [-0.1, -0.05) is 24.3 Å². The van der Waals surface area contributed by atoms with E-state index >= 15 is 0 Å². The van der Waals surface area contributed by atoms with Gasteiger partial charge in [-0.3, -0.25) is 14.4 Å². The van der Waals surface area contributed by atoms with Crippen LogP contribution in [-0.2, 0) is 25.8 Å². The molecule has 3 N–H and O–H groups in total. The molecular formula is C32H40N6O6. The first-order valence-corrected chi connectivity index (χ1v) is 15.4. The zero-order valence-corrected chi connectivity index (χ0v) is 25.4. The molecule has 12 heteroatoms. The fourth-order valence-corrected chi connectivity index (χ4v) is 7.56. The third kappa shape index (κ3) is 4.89. The smallest absolute Gasteiger partial charge is 0.247 e. The Morgan fingerprint density at radius 1 is 1.11 bits per heavy atom. The van der Waals surface area contributed by atoms with E-state index in [-0.39, 0.29) is 36.9 Å². The number of nitrogens with zero attached hydrogens (tertiary/aromatic N) is 4. The molecule has 0 aliphatic carbocycles. The van der Waals surface area contributed by atoms with Crippen LogP contribution in [0.1, 0.15) is 46.5 Å². The first-order valence-electron chi connectivity index (χ1n) is 15.4. The number of likely N-dealkylation sites (tertiary alicyclic amines) is 1. The summed E-state index contributed by atoms with van der Waals surface area (Å²) >= 11 is 0. The number of unbranched alkanes of at least 4 members (excludes halogenated alkanes) is 2. The molecule has 4 heterocycles. The van der Waals surface area contributed by atoms with Crippen molar-refractivity contribution in [2.24, 2.45) is 17.8 Å². The minimum absolute atomic E-state index is 0.0586. The highest BCUT2D eigenvalue weighted by atomic mass is 16.5. The topological polar surface area (TPSA) is 148 Å².